The van der Waals surface area contributed by atoms with Gasteiger partial charge in [0.15, 0.2) is 0 Å². The van der Waals surface area contributed by atoms with Crippen LogP contribution in [0.4, 0.5) is 0 Å². The highest BCUT2D eigenvalue weighted by molar-refractivity contribution is 7.88. The van der Waals surface area contributed by atoms with Gasteiger partial charge in [-0.25, -0.2) is 12.7 Å². The van der Waals surface area contributed by atoms with E-state index in [2.05, 4.69) is 10.6 Å². The molecule has 1 rings (SSSR count). The minimum atomic E-state index is -3.13. The quantitative estimate of drug-likeness (QED) is 0.663. The molecule has 1 fully saturated rings. The molecule has 0 spiro atoms. The van der Waals surface area contributed by atoms with E-state index in [4.69, 9.17) is 0 Å². The third-order valence-corrected chi connectivity index (χ3v) is 4.96. The predicted molar refractivity (Wildman–Crippen MR) is 80.0 cm³/mol. The molecule has 7 heteroatoms. The molecule has 1 unspecified atom stereocenters. The van der Waals surface area contributed by atoms with Gasteiger partial charge in [0.05, 0.1) is 12.3 Å². The van der Waals surface area contributed by atoms with Crippen molar-refractivity contribution in [3.05, 3.63) is 0 Å². The summed E-state index contributed by atoms with van der Waals surface area (Å²) in [7, 11) is -3.13. The van der Waals surface area contributed by atoms with E-state index in [0.717, 1.165) is 25.8 Å². The Morgan fingerprint density at radius 2 is 2.10 bits per heavy atom. The number of hydrogen-bond donors (Lipinski definition) is 2. The zero-order chi connectivity index (χ0) is 15.0. The summed E-state index contributed by atoms with van der Waals surface area (Å²) >= 11 is 0. The van der Waals surface area contributed by atoms with Crippen molar-refractivity contribution in [2.45, 2.75) is 45.1 Å². The van der Waals surface area contributed by atoms with E-state index in [9.17, 15) is 13.2 Å². The van der Waals surface area contributed by atoms with Gasteiger partial charge in [0.25, 0.3) is 0 Å². The first-order chi connectivity index (χ1) is 9.45. The number of nitrogens with one attached hydrogen (secondary N) is 2. The largest absolute Gasteiger partial charge is 0.355 e. The van der Waals surface area contributed by atoms with Crippen molar-refractivity contribution in [2.24, 2.45) is 0 Å². The molecule has 1 aliphatic rings. The fourth-order valence-electron chi connectivity index (χ4n) is 2.40. The maximum Gasteiger partial charge on any atom is 0.237 e. The van der Waals surface area contributed by atoms with Crippen molar-refractivity contribution >= 4 is 15.9 Å². The highest BCUT2D eigenvalue weighted by Gasteiger charge is 2.19. The van der Waals surface area contributed by atoms with Crippen LogP contribution in [-0.4, -0.2) is 57.1 Å². The van der Waals surface area contributed by atoms with Gasteiger partial charge in [-0.15, -0.1) is 0 Å². The molecule has 0 radical (unpaired) electrons. The zero-order valence-corrected chi connectivity index (χ0v) is 13.3. The number of sulfonamides is 1. The van der Waals surface area contributed by atoms with Crippen molar-refractivity contribution in [1.29, 1.82) is 0 Å². The van der Waals surface area contributed by atoms with Gasteiger partial charge in [0.1, 0.15) is 0 Å². The predicted octanol–water partition coefficient (Wildman–Crippen LogP) is 0.306. The Balaban J connectivity index is 2.24. The molecule has 0 saturated carbocycles. The SMILES string of the molecule is CCN(CCCNC(=O)C1CCCCCN1)S(C)(=O)=O. The van der Waals surface area contributed by atoms with E-state index in [0.29, 0.717) is 26.1 Å². The van der Waals surface area contributed by atoms with Crippen LogP contribution >= 0.6 is 0 Å². The lowest BCUT2D eigenvalue weighted by molar-refractivity contribution is -0.123. The molecule has 2 N–H and O–H groups in total. The minimum absolute atomic E-state index is 0.0364. The fourth-order valence-corrected chi connectivity index (χ4v) is 3.33. The van der Waals surface area contributed by atoms with Gasteiger partial charge < -0.3 is 10.6 Å². The van der Waals surface area contributed by atoms with E-state index in [1.54, 1.807) is 0 Å². The van der Waals surface area contributed by atoms with Crippen LogP contribution < -0.4 is 10.6 Å². The van der Waals surface area contributed by atoms with Crippen molar-refractivity contribution in [3.8, 4) is 0 Å². The molecule has 20 heavy (non-hydrogen) atoms. The van der Waals surface area contributed by atoms with E-state index in [-0.39, 0.29) is 11.9 Å². The lowest BCUT2D eigenvalue weighted by atomic mass is 10.1. The summed E-state index contributed by atoms with van der Waals surface area (Å²) in [6, 6.07) is -0.0883. The maximum atomic E-state index is 12.0. The molecule has 1 atom stereocenters. The smallest absolute Gasteiger partial charge is 0.237 e. The van der Waals surface area contributed by atoms with Gasteiger partial charge in [0, 0.05) is 19.6 Å². The van der Waals surface area contributed by atoms with Gasteiger partial charge >= 0.3 is 0 Å². The Labute approximate surface area is 122 Å². The first-order valence-electron chi connectivity index (χ1n) is 7.41. The lowest BCUT2D eigenvalue weighted by Gasteiger charge is -2.19. The van der Waals surface area contributed by atoms with Gasteiger partial charge in [-0.05, 0) is 25.8 Å². The van der Waals surface area contributed by atoms with E-state index in [1.807, 2.05) is 6.92 Å². The number of nitrogens with zero attached hydrogens (tertiary/aromatic N) is 1. The summed E-state index contributed by atoms with van der Waals surface area (Å²) in [5.41, 5.74) is 0. The fraction of sp³-hybridized carbons (Fsp3) is 0.923. The van der Waals surface area contributed by atoms with Crippen LogP contribution in [0.1, 0.15) is 39.0 Å². The van der Waals surface area contributed by atoms with Crippen LogP contribution in [0.25, 0.3) is 0 Å². The summed E-state index contributed by atoms with van der Waals surface area (Å²) in [6.45, 7) is 4.15. The second-order valence-corrected chi connectivity index (χ2v) is 7.24. The second kappa shape index (κ2) is 8.59. The van der Waals surface area contributed by atoms with Crippen LogP contribution in [0.5, 0.6) is 0 Å². The molecule has 1 aliphatic heterocycles. The third-order valence-electron chi connectivity index (χ3n) is 3.58. The molecule has 0 bridgehead atoms. The number of rotatable bonds is 7. The van der Waals surface area contributed by atoms with E-state index in [1.165, 1.54) is 17.0 Å². The molecule has 1 saturated heterocycles. The summed E-state index contributed by atoms with van der Waals surface area (Å²) in [5.74, 6) is 0.0364. The average Bonchev–Trinajstić information content (AvgIpc) is 2.65. The number of amides is 1. The van der Waals surface area contributed by atoms with Crippen molar-refractivity contribution in [1.82, 2.24) is 14.9 Å². The van der Waals surface area contributed by atoms with E-state index >= 15 is 0 Å². The molecule has 0 aromatic carbocycles. The van der Waals surface area contributed by atoms with Crippen LogP contribution in [0.2, 0.25) is 0 Å². The molecule has 0 aliphatic carbocycles. The van der Waals surface area contributed by atoms with Crippen molar-refractivity contribution in [3.63, 3.8) is 0 Å². The molecule has 118 valence electrons. The maximum absolute atomic E-state index is 12.0. The molecule has 0 aromatic heterocycles. The normalized spacial score (nSPS) is 20.6. The lowest BCUT2D eigenvalue weighted by Crippen LogP contribution is -2.44. The number of carbonyl (C=O) groups excluding carboxylic acids is 1. The van der Waals surface area contributed by atoms with Crippen LogP contribution in [-0.2, 0) is 14.8 Å². The standard InChI is InChI=1S/C13H27N3O3S/c1-3-16(20(2,18)19)11-7-10-15-13(17)12-8-5-4-6-9-14-12/h12,14H,3-11H2,1-2H3,(H,15,17). The average molecular weight is 305 g/mol. The Hall–Kier alpha value is -0.660. The molecule has 1 heterocycles. The molecular weight excluding hydrogens is 278 g/mol. The molecule has 6 nitrogen and oxygen atoms in total. The topological polar surface area (TPSA) is 78.5 Å². The zero-order valence-electron chi connectivity index (χ0n) is 12.5. The summed E-state index contributed by atoms with van der Waals surface area (Å²) < 4.78 is 24.2. The Morgan fingerprint density at radius 1 is 1.35 bits per heavy atom. The molecular formula is C13H27N3O3S. The van der Waals surface area contributed by atoms with Crippen LogP contribution in [0, 0.1) is 0 Å². The molecule has 1 amide bonds. The second-order valence-electron chi connectivity index (χ2n) is 5.26. The monoisotopic (exact) mass is 305 g/mol. The Morgan fingerprint density at radius 3 is 2.75 bits per heavy atom. The van der Waals surface area contributed by atoms with E-state index < -0.39 is 10.0 Å². The Bertz CT molecular complexity index is 390. The summed E-state index contributed by atoms with van der Waals surface area (Å²) in [4.78, 5) is 12.0. The number of carbonyl (C=O) groups is 1. The van der Waals surface area contributed by atoms with Gasteiger partial charge in [0.2, 0.25) is 15.9 Å². The highest BCUT2D eigenvalue weighted by Crippen LogP contribution is 2.08. The van der Waals surface area contributed by atoms with Gasteiger partial charge in [-0.1, -0.05) is 19.8 Å². The first-order valence-corrected chi connectivity index (χ1v) is 9.26. The first kappa shape index (κ1) is 17.4. The number of hydrogen-bond acceptors (Lipinski definition) is 4. The van der Waals surface area contributed by atoms with Crippen molar-refractivity contribution < 1.29 is 13.2 Å². The summed E-state index contributed by atoms with van der Waals surface area (Å²) in [5, 5.41) is 6.14. The van der Waals surface area contributed by atoms with Crippen LogP contribution in [0.3, 0.4) is 0 Å². The minimum Gasteiger partial charge on any atom is -0.355 e. The van der Waals surface area contributed by atoms with Crippen LogP contribution in [0.15, 0.2) is 0 Å². The van der Waals surface area contributed by atoms with Gasteiger partial charge in [-0.2, -0.15) is 0 Å². The van der Waals surface area contributed by atoms with Gasteiger partial charge in [-0.3, -0.25) is 4.79 Å². The summed E-state index contributed by atoms with van der Waals surface area (Å²) in [6.07, 6.45) is 6.13. The van der Waals surface area contributed by atoms with Crippen molar-refractivity contribution in [2.75, 3.05) is 32.4 Å². The molecule has 0 aromatic rings. The third kappa shape index (κ3) is 6.19. The Kier molecular flexibility index (Phi) is 7.47. The highest BCUT2D eigenvalue weighted by atomic mass is 32.2.